The molecule has 0 aromatic carbocycles. The van der Waals surface area contributed by atoms with Gasteiger partial charge in [0.25, 0.3) is 0 Å². The zero-order valence-electron chi connectivity index (χ0n) is 6.95. The molecule has 0 aliphatic heterocycles. The van der Waals surface area contributed by atoms with Gasteiger partial charge >= 0.3 is 0 Å². The second-order valence-corrected chi connectivity index (χ2v) is 2.58. The van der Waals surface area contributed by atoms with Crippen LogP contribution in [0.1, 0.15) is 17.6 Å². The third kappa shape index (κ3) is 1.41. The van der Waals surface area contributed by atoms with Gasteiger partial charge in [-0.2, -0.15) is 4.98 Å². The third-order valence-corrected chi connectivity index (χ3v) is 1.60. The molecule has 2 aromatic heterocycles. The minimum Gasteiger partial charge on any atom is -0.343 e. The molecule has 0 fully saturated rings. The van der Waals surface area contributed by atoms with Crippen LogP contribution in [0.3, 0.4) is 0 Å². The van der Waals surface area contributed by atoms with Crippen LogP contribution in [0, 0.1) is 0 Å². The van der Waals surface area contributed by atoms with Gasteiger partial charge in [-0.25, -0.2) is 0 Å². The summed E-state index contributed by atoms with van der Waals surface area (Å²) >= 11 is 0. The van der Waals surface area contributed by atoms with Crippen molar-refractivity contribution in [3.63, 3.8) is 0 Å². The Hall–Kier alpha value is -1.76. The lowest BCUT2D eigenvalue weighted by atomic mass is 10.2. The molecule has 1 atom stereocenters. The van der Waals surface area contributed by atoms with Gasteiger partial charge < -0.3 is 10.3 Å². The Morgan fingerprint density at radius 1 is 1.62 bits per heavy atom. The summed E-state index contributed by atoms with van der Waals surface area (Å²) in [6.45, 7) is 0. The van der Waals surface area contributed by atoms with Gasteiger partial charge in [-0.15, -0.1) is 5.10 Å². The van der Waals surface area contributed by atoms with Crippen molar-refractivity contribution in [2.45, 2.75) is 6.04 Å². The molecule has 0 saturated heterocycles. The molecule has 7 nitrogen and oxygen atoms in total. The van der Waals surface area contributed by atoms with Crippen LogP contribution in [0.5, 0.6) is 0 Å². The van der Waals surface area contributed by atoms with Crippen molar-refractivity contribution in [3.8, 4) is 0 Å². The summed E-state index contributed by atoms with van der Waals surface area (Å²) < 4.78 is 6.13. The van der Waals surface area contributed by atoms with E-state index in [1.54, 1.807) is 17.9 Å². The summed E-state index contributed by atoms with van der Waals surface area (Å²) in [4.78, 5) is 3.82. The molecule has 2 N–H and O–H groups in total. The monoisotopic (exact) mass is 180 g/mol. The molecule has 0 bridgehead atoms. The molecule has 0 saturated carbocycles. The maximum atomic E-state index is 5.77. The Morgan fingerprint density at radius 2 is 2.46 bits per heavy atom. The first-order chi connectivity index (χ1) is 6.27. The van der Waals surface area contributed by atoms with Crippen molar-refractivity contribution in [3.05, 3.63) is 24.1 Å². The smallest absolute Gasteiger partial charge is 0.213 e. The highest BCUT2D eigenvalue weighted by atomic mass is 16.5. The van der Waals surface area contributed by atoms with Crippen LogP contribution in [0.4, 0.5) is 0 Å². The van der Waals surface area contributed by atoms with Gasteiger partial charge in [0.1, 0.15) is 11.7 Å². The first-order valence-electron chi connectivity index (χ1n) is 3.65. The molecule has 2 aromatic rings. The number of rotatable bonds is 2. The van der Waals surface area contributed by atoms with E-state index in [4.69, 9.17) is 5.73 Å². The molecule has 0 aliphatic rings. The van der Waals surface area contributed by atoms with E-state index in [1.807, 2.05) is 0 Å². The van der Waals surface area contributed by atoms with E-state index in [0.717, 1.165) is 0 Å². The van der Waals surface area contributed by atoms with Gasteiger partial charge in [-0.3, -0.25) is 4.68 Å². The summed E-state index contributed by atoms with van der Waals surface area (Å²) in [5, 5.41) is 11.2. The number of nitrogens with two attached hydrogens (primary N) is 1. The van der Waals surface area contributed by atoms with Crippen LogP contribution in [0.2, 0.25) is 0 Å². The van der Waals surface area contributed by atoms with E-state index in [0.29, 0.717) is 11.5 Å². The Balaban J connectivity index is 2.28. The number of hydrogen-bond acceptors (Lipinski definition) is 6. The van der Waals surface area contributed by atoms with Crippen LogP contribution in [-0.4, -0.2) is 25.1 Å². The van der Waals surface area contributed by atoms with Crippen molar-refractivity contribution in [1.29, 1.82) is 0 Å². The molecule has 0 aliphatic carbocycles. The SMILES string of the molecule is Cn1cc(C(N)c2ncon2)nn1. The van der Waals surface area contributed by atoms with Crippen molar-refractivity contribution in [2.75, 3.05) is 0 Å². The molecule has 1 unspecified atom stereocenters. The zero-order valence-corrected chi connectivity index (χ0v) is 6.95. The lowest BCUT2D eigenvalue weighted by Gasteiger charge is -1.99. The van der Waals surface area contributed by atoms with Gasteiger partial charge in [-0.1, -0.05) is 10.4 Å². The minimum absolute atomic E-state index is 0.403. The van der Waals surface area contributed by atoms with Crippen molar-refractivity contribution >= 4 is 0 Å². The summed E-state index contributed by atoms with van der Waals surface area (Å²) in [7, 11) is 1.76. The van der Waals surface area contributed by atoms with Crippen LogP contribution >= 0.6 is 0 Å². The van der Waals surface area contributed by atoms with Crippen molar-refractivity contribution < 1.29 is 4.52 Å². The topological polar surface area (TPSA) is 95.7 Å². The van der Waals surface area contributed by atoms with Gasteiger partial charge in [0.15, 0.2) is 5.82 Å². The Labute approximate surface area is 73.5 Å². The molecule has 7 heteroatoms. The largest absolute Gasteiger partial charge is 0.343 e. The molecule has 2 rings (SSSR count). The summed E-state index contributed by atoms with van der Waals surface area (Å²) in [5.41, 5.74) is 6.39. The highest BCUT2D eigenvalue weighted by molar-refractivity contribution is 5.09. The quantitative estimate of drug-likeness (QED) is 0.653. The van der Waals surface area contributed by atoms with Crippen LogP contribution in [-0.2, 0) is 7.05 Å². The van der Waals surface area contributed by atoms with Gasteiger partial charge in [0.05, 0.1) is 6.20 Å². The third-order valence-electron chi connectivity index (χ3n) is 1.60. The molecule has 13 heavy (non-hydrogen) atoms. The fraction of sp³-hybridized carbons (Fsp3) is 0.333. The number of aromatic nitrogens is 5. The number of aryl methyl sites for hydroxylation is 1. The molecule has 68 valence electrons. The van der Waals surface area contributed by atoms with Crippen molar-refractivity contribution in [1.82, 2.24) is 25.1 Å². The molecular weight excluding hydrogens is 172 g/mol. The van der Waals surface area contributed by atoms with E-state index >= 15 is 0 Å². The van der Waals surface area contributed by atoms with Crippen LogP contribution in [0.15, 0.2) is 17.1 Å². The maximum absolute atomic E-state index is 5.77. The van der Waals surface area contributed by atoms with E-state index in [9.17, 15) is 0 Å². The van der Waals surface area contributed by atoms with E-state index in [2.05, 4.69) is 25.0 Å². The van der Waals surface area contributed by atoms with Crippen LogP contribution in [0.25, 0.3) is 0 Å². The maximum Gasteiger partial charge on any atom is 0.213 e. The predicted molar refractivity (Wildman–Crippen MR) is 41.3 cm³/mol. The van der Waals surface area contributed by atoms with Gasteiger partial charge in [0, 0.05) is 7.05 Å². The van der Waals surface area contributed by atoms with Crippen LogP contribution < -0.4 is 5.73 Å². The van der Waals surface area contributed by atoms with Gasteiger partial charge in [0.2, 0.25) is 6.39 Å². The highest BCUT2D eigenvalue weighted by Gasteiger charge is 2.16. The average Bonchev–Trinajstić information content (AvgIpc) is 2.72. The molecule has 0 spiro atoms. The minimum atomic E-state index is -0.479. The lowest BCUT2D eigenvalue weighted by molar-refractivity contribution is 0.407. The Bertz CT molecular complexity index is 379. The van der Waals surface area contributed by atoms with E-state index < -0.39 is 6.04 Å². The Morgan fingerprint density at radius 3 is 3.00 bits per heavy atom. The standard InChI is InChI=1S/C6H8N6O/c1-12-2-4(9-11-12)5(7)6-8-3-13-10-6/h2-3,5H,7H2,1H3. The molecule has 0 amide bonds. The summed E-state index contributed by atoms with van der Waals surface area (Å²) in [6.07, 6.45) is 2.94. The van der Waals surface area contributed by atoms with Gasteiger partial charge in [-0.05, 0) is 0 Å². The first kappa shape index (κ1) is 7.87. The number of hydrogen-bond donors (Lipinski definition) is 1. The fourth-order valence-corrected chi connectivity index (χ4v) is 0.956. The lowest BCUT2D eigenvalue weighted by Crippen LogP contribution is -2.13. The first-order valence-corrected chi connectivity index (χ1v) is 3.65. The molecular formula is C6H8N6O. The normalized spacial score (nSPS) is 13.1. The molecule has 0 radical (unpaired) electrons. The highest BCUT2D eigenvalue weighted by Crippen LogP contribution is 2.11. The zero-order chi connectivity index (χ0) is 9.26. The second kappa shape index (κ2) is 2.94. The summed E-state index contributed by atoms with van der Waals surface area (Å²) in [5.74, 6) is 0.403. The Kier molecular flexibility index (Phi) is 1.78. The fourth-order valence-electron chi connectivity index (χ4n) is 0.956. The number of nitrogens with zero attached hydrogens (tertiary/aromatic N) is 5. The van der Waals surface area contributed by atoms with Crippen molar-refractivity contribution in [2.24, 2.45) is 12.8 Å². The average molecular weight is 180 g/mol. The second-order valence-electron chi connectivity index (χ2n) is 2.58. The van der Waals surface area contributed by atoms with E-state index in [1.165, 1.54) is 6.39 Å². The van der Waals surface area contributed by atoms with E-state index in [-0.39, 0.29) is 0 Å². The predicted octanol–water partition coefficient (Wildman–Crippen LogP) is -0.754. The summed E-state index contributed by atoms with van der Waals surface area (Å²) in [6, 6.07) is -0.479. The molecule has 2 heterocycles.